The zero-order valence-electron chi connectivity index (χ0n) is 10.4. The maximum absolute atomic E-state index is 12.0. The highest BCUT2D eigenvalue weighted by molar-refractivity contribution is 5.98. The molecule has 0 radical (unpaired) electrons. The standard InChI is InChI=1S/C15H12O4/c1-7-6-9-12(15(17)19-14(9)16)11-8-4-2-3-5-10(8)18-13(7)11/h2-5,9,11-12H,6H2,1H3. The Morgan fingerprint density at radius 2 is 1.89 bits per heavy atom. The van der Waals surface area contributed by atoms with Gasteiger partial charge < -0.3 is 9.47 Å². The molecule has 3 aliphatic rings. The van der Waals surface area contributed by atoms with E-state index in [0.717, 1.165) is 22.6 Å². The molecule has 4 rings (SSSR count). The molecule has 0 N–H and O–H groups in total. The minimum absolute atomic E-state index is 0.158. The van der Waals surface area contributed by atoms with E-state index in [-0.39, 0.29) is 11.8 Å². The molecule has 4 nitrogen and oxygen atoms in total. The number of rotatable bonds is 0. The first-order chi connectivity index (χ1) is 9.16. The first-order valence-corrected chi connectivity index (χ1v) is 6.39. The highest BCUT2D eigenvalue weighted by Gasteiger charge is 2.55. The Morgan fingerprint density at radius 1 is 1.11 bits per heavy atom. The predicted octanol–water partition coefficient (Wildman–Crippen LogP) is 2.16. The number of cyclic esters (lactones) is 2. The molecule has 0 spiro atoms. The molecule has 4 heteroatoms. The smallest absolute Gasteiger partial charge is 0.318 e. The number of hydrogen-bond acceptors (Lipinski definition) is 4. The molecule has 1 aromatic carbocycles. The summed E-state index contributed by atoms with van der Waals surface area (Å²) >= 11 is 0. The fourth-order valence-corrected chi connectivity index (χ4v) is 3.43. The lowest BCUT2D eigenvalue weighted by Gasteiger charge is -2.27. The first kappa shape index (κ1) is 10.8. The third-order valence-corrected chi connectivity index (χ3v) is 4.27. The van der Waals surface area contributed by atoms with Crippen molar-refractivity contribution in [2.75, 3.05) is 0 Å². The number of carbonyl (C=O) groups excluding carboxylic acids is 2. The summed E-state index contributed by atoms with van der Waals surface area (Å²) in [5, 5.41) is 0. The van der Waals surface area contributed by atoms with Gasteiger partial charge in [-0.3, -0.25) is 9.59 Å². The van der Waals surface area contributed by atoms with E-state index in [0.29, 0.717) is 6.42 Å². The van der Waals surface area contributed by atoms with Crippen LogP contribution in [0.5, 0.6) is 5.75 Å². The van der Waals surface area contributed by atoms with Crippen LogP contribution in [0.3, 0.4) is 0 Å². The van der Waals surface area contributed by atoms with Gasteiger partial charge >= 0.3 is 11.9 Å². The van der Waals surface area contributed by atoms with Crippen LogP contribution in [-0.2, 0) is 14.3 Å². The molecule has 1 saturated heterocycles. The largest absolute Gasteiger partial charge is 0.461 e. The SMILES string of the molecule is CC1=C2Oc3ccccc3C2C2C(=O)OC(=O)C2C1. The highest BCUT2D eigenvalue weighted by Crippen LogP contribution is 2.54. The Balaban J connectivity index is 1.91. The van der Waals surface area contributed by atoms with Crippen molar-refractivity contribution >= 4 is 11.9 Å². The summed E-state index contributed by atoms with van der Waals surface area (Å²) in [7, 11) is 0. The lowest BCUT2D eigenvalue weighted by atomic mass is 9.71. The lowest BCUT2D eigenvalue weighted by Crippen LogP contribution is -2.30. The van der Waals surface area contributed by atoms with E-state index >= 15 is 0 Å². The molecular weight excluding hydrogens is 244 g/mol. The fraction of sp³-hybridized carbons (Fsp3) is 0.333. The number of para-hydroxylation sites is 1. The minimum atomic E-state index is -0.421. The van der Waals surface area contributed by atoms with Crippen LogP contribution in [0.15, 0.2) is 35.6 Å². The summed E-state index contributed by atoms with van der Waals surface area (Å²) in [6.45, 7) is 1.96. The fourth-order valence-electron chi connectivity index (χ4n) is 3.43. The number of fused-ring (bicyclic) bond motifs is 5. The van der Waals surface area contributed by atoms with E-state index < -0.39 is 17.9 Å². The molecule has 3 unspecified atom stereocenters. The second kappa shape index (κ2) is 3.47. The Kier molecular flexibility index (Phi) is 1.97. The summed E-state index contributed by atoms with van der Waals surface area (Å²) in [6, 6.07) is 7.68. The van der Waals surface area contributed by atoms with Crippen molar-refractivity contribution in [3.8, 4) is 5.75 Å². The van der Waals surface area contributed by atoms with Crippen LogP contribution in [0.1, 0.15) is 24.8 Å². The summed E-state index contributed by atoms with van der Waals surface area (Å²) in [6.07, 6.45) is 0.551. The first-order valence-electron chi connectivity index (χ1n) is 6.39. The summed E-state index contributed by atoms with van der Waals surface area (Å²) in [4.78, 5) is 23.7. The topological polar surface area (TPSA) is 52.6 Å². The van der Waals surface area contributed by atoms with Gasteiger partial charge in [0.15, 0.2) is 0 Å². The van der Waals surface area contributed by atoms with Crippen molar-refractivity contribution in [1.29, 1.82) is 0 Å². The van der Waals surface area contributed by atoms with Gasteiger partial charge in [0.1, 0.15) is 11.5 Å². The van der Waals surface area contributed by atoms with Gasteiger partial charge in [-0.25, -0.2) is 0 Å². The van der Waals surface area contributed by atoms with Crippen molar-refractivity contribution < 1.29 is 19.1 Å². The molecule has 0 aromatic heterocycles. The molecule has 2 heterocycles. The van der Waals surface area contributed by atoms with Gasteiger partial charge in [0, 0.05) is 5.56 Å². The Hall–Kier alpha value is -2.10. The van der Waals surface area contributed by atoms with Gasteiger partial charge in [0.2, 0.25) is 0 Å². The summed E-state index contributed by atoms with van der Waals surface area (Å²) in [5.41, 5.74) is 2.02. The molecule has 0 amide bonds. The van der Waals surface area contributed by atoms with Gasteiger partial charge in [0.05, 0.1) is 17.8 Å². The van der Waals surface area contributed by atoms with Crippen molar-refractivity contribution in [1.82, 2.24) is 0 Å². The highest BCUT2D eigenvalue weighted by atomic mass is 16.6. The second-order valence-corrected chi connectivity index (χ2v) is 5.34. The molecule has 1 aromatic rings. The molecule has 2 aliphatic heterocycles. The number of allylic oxidation sites excluding steroid dienone is 2. The van der Waals surface area contributed by atoms with E-state index in [4.69, 9.17) is 9.47 Å². The van der Waals surface area contributed by atoms with Crippen LogP contribution < -0.4 is 4.74 Å². The quantitative estimate of drug-likeness (QED) is 0.527. The number of ether oxygens (including phenoxy) is 2. The van der Waals surface area contributed by atoms with E-state index in [1.165, 1.54) is 0 Å². The number of hydrogen-bond donors (Lipinski definition) is 0. The molecule has 3 atom stereocenters. The molecule has 96 valence electrons. The van der Waals surface area contributed by atoms with Crippen LogP contribution in [0.2, 0.25) is 0 Å². The van der Waals surface area contributed by atoms with Gasteiger partial charge in [-0.2, -0.15) is 0 Å². The number of esters is 2. The molecule has 19 heavy (non-hydrogen) atoms. The average molecular weight is 256 g/mol. The lowest BCUT2D eigenvalue weighted by molar-refractivity contribution is -0.153. The van der Waals surface area contributed by atoms with Crippen molar-refractivity contribution in [2.45, 2.75) is 19.3 Å². The molecule has 1 aliphatic carbocycles. The Labute approximate surface area is 110 Å². The zero-order valence-corrected chi connectivity index (χ0v) is 10.4. The number of benzene rings is 1. The van der Waals surface area contributed by atoms with Gasteiger partial charge in [0.25, 0.3) is 0 Å². The van der Waals surface area contributed by atoms with Crippen LogP contribution >= 0.6 is 0 Å². The van der Waals surface area contributed by atoms with E-state index in [2.05, 4.69) is 0 Å². The minimum Gasteiger partial charge on any atom is -0.461 e. The second-order valence-electron chi connectivity index (χ2n) is 5.34. The van der Waals surface area contributed by atoms with Gasteiger partial charge in [-0.1, -0.05) is 18.2 Å². The van der Waals surface area contributed by atoms with Crippen molar-refractivity contribution in [2.24, 2.45) is 11.8 Å². The predicted molar refractivity (Wildman–Crippen MR) is 65.2 cm³/mol. The molecule has 1 fully saturated rings. The van der Waals surface area contributed by atoms with E-state index in [9.17, 15) is 9.59 Å². The van der Waals surface area contributed by atoms with Crippen LogP contribution in [0, 0.1) is 11.8 Å². The Bertz CT molecular complexity index is 643. The normalized spacial score (nSPS) is 31.5. The van der Waals surface area contributed by atoms with Gasteiger partial charge in [-0.15, -0.1) is 0 Å². The summed E-state index contributed by atoms with van der Waals surface area (Å²) in [5.74, 6) is -0.119. The number of carbonyl (C=O) groups is 2. The molecular formula is C15H12O4. The van der Waals surface area contributed by atoms with Gasteiger partial charge in [-0.05, 0) is 25.0 Å². The average Bonchev–Trinajstić information content (AvgIpc) is 2.89. The zero-order chi connectivity index (χ0) is 13.1. The van der Waals surface area contributed by atoms with Crippen LogP contribution in [0.25, 0.3) is 0 Å². The van der Waals surface area contributed by atoms with Crippen molar-refractivity contribution in [3.05, 3.63) is 41.2 Å². The maximum atomic E-state index is 12.0. The monoisotopic (exact) mass is 256 g/mol. The third-order valence-electron chi connectivity index (χ3n) is 4.27. The Morgan fingerprint density at radius 3 is 2.74 bits per heavy atom. The summed E-state index contributed by atoms with van der Waals surface area (Å²) < 4.78 is 10.7. The van der Waals surface area contributed by atoms with E-state index in [1.807, 2.05) is 31.2 Å². The third kappa shape index (κ3) is 1.28. The maximum Gasteiger partial charge on any atom is 0.318 e. The van der Waals surface area contributed by atoms with Crippen LogP contribution in [0.4, 0.5) is 0 Å². The molecule has 0 saturated carbocycles. The van der Waals surface area contributed by atoms with Crippen molar-refractivity contribution in [3.63, 3.8) is 0 Å². The van der Waals surface area contributed by atoms with Crippen LogP contribution in [-0.4, -0.2) is 11.9 Å². The molecule has 0 bridgehead atoms. The van der Waals surface area contributed by atoms with E-state index in [1.54, 1.807) is 0 Å².